The lowest BCUT2D eigenvalue weighted by Crippen LogP contribution is -2.57. The van der Waals surface area contributed by atoms with Gasteiger partial charge in [-0.2, -0.15) is 0 Å². The Morgan fingerprint density at radius 3 is 2.15 bits per heavy atom. The molecule has 1 fully saturated rings. The summed E-state index contributed by atoms with van der Waals surface area (Å²) in [5.41, 5.74) is 0.687. The van der Waals surface area contributed by atoms with Crippen molar-refractivity contribution in [3.63, 3.8) is 0 Å². The van der Waals surface area contributed by atoms with Gasteiger partial charge in [-0.1, -0.05) is 52.9 Å². The first-order chi connectivity index (χ1) is 16.4. The van der Waals surface area contributed by atoms with E-state index in [1.54, 1.807) is 16.7 Å². The second-order valence-corrected chi connectivity index (χ2v) is 9.94. The third kappa shape index (κ3) is 8.85. The van der Waals surface area contributed by atoms with Crippen LogP contribution in [0.15, 0.2) is 29.2 Å². The summed E-state index contributed by atoms with van der Waals surface area (Å²) in [5.74, 6) is 0.112. The number of nitrogens with zero attached hydrogens (tertiary/aromatic N) is 2. The first kappa shape index (κ1) is 28.0. The number of hydrogen-bond donors (Lipinski definition) is 2. The predicted molar refractivity (Wildman–Crippen MR) is 140 cm³/mol. The van der Waals surface area contributed by atoms with Gasteiger partial charge in [-0.15, -0.1) is 11.8 Å². The van der Waals surface area contributed by atoms with E-state index in [4.69, 9.17) is 0 Å². The molecule has 7 nitrogen and oxygen atoms in total. The van der Waals surface area contributed by atoms with Gasteiger partial charge in [0, 0.05) is 43.2 Å². The van der Waals surface area contributed by atoms with E-state index in [0.717, 1.165) is 24.2 Å². The van der Waals surface area contributed by atoms with Crippen molar-refractivity contribution in [3.05, 3.63) is 24.3 Å². The molecule has 2 N–H and O–H groups in total. The van der Waals surface area contributed by atoms with Crippen molar-refractivity contribution in [3.8, 4) is 0 Å². The number of nitrogens with one attached hydrogen (secondary N) is 2. The number of rotatable bonds is 12. The molecule has 190 valence electrons. The Morgan fingerprint density at radius 1 is 0.941 bits per heavy atom. The number of benzene rings is 1. The Kier molecular flexibility index (Phi) is 12.3. The molecule has 1 aromatic rings. The van der Waals surface area contributed by atoms with Crippen LogP contribution in [0.3, 0.4) is 0 Å². The van der Waals surface area contributed by atoms with Crippen molar-refractivity contribution in [1.29, 1.82) is 0 Å². The molecule has 0 saturated carbocycles. The number of thioether (sulfide) groups is 1. The highest BCUT2D eigenvalue weighted by Crippen LogP contribution is 2.18. The third-order valence-electron chi connectivity index (χ3n) is 6.55. The van der Waals surface area contributed by atoms with E-state index in [0.29, 0.717) is 38.3 Å². The SMILES string of the molecule is CCCCCCCC(=O)N1CCN(C(=O)C(NC(=O)Nc2ccc(SC)cc2)C(C)CC)CC1. The van der Waals surface area contributed by atoms with Gasteiger partial charge in [0.1, 0.15) is 6.04 Å². The molecule has 1 aromatic carbocycles. The average molecular weight is 491 g/mol. The minimum Gasteiger partial charge on any atom is -0.339 e. The van der Waals surface area contributed by atoms with Gasteiger partial charge in [0.2, 0.25) is 11.8 Å². The molecule has 1 heterocycles. The summed E-state index contributed by atoms with van der Waals surface area (Å²) in [6.07, 6.45) is 9.01. The predicted octanol–water partition coefficient (Wildman–Crippen LogP) is 4.98. The van der Waals surface area contributed by atoms with E-state index in [1.807, 2.05) is 49.3 Å². The van der Waals surface area contributed by atoms with Crippen molar-refractivity contribution in [2.24, 2.45) is 5.92 Å². The van der Waals surface area contributed by atoms with Gasteiger partial charge >= 0.3 is 6.03 Å². The van der Waals surface area contributed by atoms with Gasteiger partial charge in [-0.3, -0.25) is 9.59 Å². The fourth-order valence-electron chi connectivity index (χ4n) is 4.08. The Hall–Kier alpha value is -2.22. The third-order valence-corrected chi connectivity index (χ3v) is 7.30. The van der Waals surface area contributed by atoms with Crippen LogP contribution in [0.2, 0.25) is 0 Å². The van der Waals surface area contributed by atoms with Gasteiger partial charge in [0.05, 0.1) is 0 Å². The maximum absolute atomic E-state index is 13.3. The fourth-order valence-corrected chi connectivity index (χ4v) is 4.48. The van der Waals surface area contributed by atoms with Crippen LogP contribution in [0.25, 0.3) is 0 Å². The summed E-state index contributed by atoms with van der Waals surface area (Å²) >= 11 is 1.64. The second-order valence-electron chi connectivity index (χ2n) is 9.06. The average Bonchev–Trinajstić information content (AvgIpc) is 2.86. The Balaban J connectivity index is 1.86. The van der Waals surface area contributed by atoms with Gasteiger partial charge < -0.3 is 20.4 Å². The van der Waals surface area contributed by atoms with E-state index in [1.165, 1.54) is 19.3 Å². The van der Waals surface area contributed by atoms with Gasteiger partial charge in [-0.05, 0) is 42.9 Å². The van der Waals surface area contributed by atoms with Gasteiger partial charge in [0.15, 0.2) is 0 Å². The highest BCUT2D eigenvalue weighted by molar-refractivity contribution is 7.98. The zero-order valence-corrected chi connectivity index (χ0v) is 22.1. The van der Waals surface area contributed by atoms with Crippen molar-refractivity contribution in [2.45, 2.75) is 76.7 Å². The van der Waals surface area contributed by atoms with E-state index >= 15 is 0 Å². The molecule has 0 aliphatic carbocycles. The van der Waals surface area contributed by atoms with Crippen LogP contribution >= 0.6 is 11.8 Å². The number of piperazine rings is 1. The zero-order valence-electron chi connectivity index (χ0n) is 21.3. The van der Waals surface area contributed by atoms with Gasteiger partial charge in [-0.25, -0.2) is 4.79 Å². The number of urea groups is 1. The summed E-state index contributed by atoms with van der Waals surface area (Å²) in [7, 11) is 0. The lowest BCUT2D eigenvalue weighted by atomic mass is 9.97. The van der Waals surface area contributed by atoms with Crippen LogP contribution in [-0.2, 0) is 9.59 Å². The molecule has 34 heavy (non-hydrogen) atoms. The van der Waals surface area contributed by atoms with E-state index in [9.17, 15) is 14.4 Å². The smallest absolute Gasteiger partial charge is 0.319 e. The lowest BCUT2D eigenvalue weighted by Gasteiger charge is -2.37. The Labute approximate surface area is 209 Å². The van der Waals surface area contributed by atoms with Crippen molar-refractivity contribution < 1.29 is 14.4 Å². The molecule has 0 aromatic heterocycles. The monoisotopic (exact) mass is 490 g/mol. The number of anilines is 1. The number of carbonyl (C=O) groups is 3. The minimum absolute atomic E-state index is 0.0000929. The number of amides is 4. The summed E-state index contributed by atoms with van der Waals surface area (Å²) in [5, 5.41) is 5.73. The standard InChI is InChI=1S/C26H42N4O3S/c1-5-7-8-9-10-11-23(31)29-16-18-30(19-17-29)25(32)24(20(3)6-2)28-26(33)27-21-12-14-22(34-4)15-13-21/h12-15,20,24H,5-11,16-19H2,1-4H3,(H2,27,28,33). The molecule has 2 rings (SSSR count). The first-order valence-corrected chi connectivity index (χ1v) is 13.9. The molecule has 4 amide bonds. The van der Waals surface area contributed by atoms with Crippen LogP contribution in [0.4, 0.5) is 10.5 Å². The highest BCUT2D eigenvalue weighted by Gasteiger charge is 2.32. The molecule has 0 bridgehead atoms. The number of carbonyl (C=O) groups excluding carboxylic acids is 3. The van der Waals surface area contributed by atoms with Crippen LogP contribution < -0.4 is 10.6 Å². The minimum atomic E-state index is -0.601. The largest absolute Gasteiger partial charge is 0.339 e. The first-order valence-electron chi connectivity index (χ1n) is 12.7. The molecule has 1 aliphatic heterocycles. The quantitative estimate of drug-likeness (QED) is 0.320. The summed E-state index contributed by atoms with van der Waals surface area (Å²) < 4.78 is 0. The summed E-state index contributed by atoms with van der Waals surface area (Å²) in [4.78, 5) is 43.2. The molecule has 2 atom stereocenters. The molecule has 1 aliphatic rings. The highest BCUT2D eigenvalue weighted by atomic mass is 32.2. The van der Waals surface area contributed by atoms with Crippen molar-refractivity contribution >= 4 is 35.3 Å². The number of unbranched alkanes of at least 4 members (excludes halogenated alkanes) is 4. The van der Waals surface area contributed by atoms with Crippen molar-refractivity contribution in [1.82, 2.24) is 15.1 Å². The van der Waals surface area contributed by atoms with Crippen LogP contribution in [0.5, 0.6) is 0 Å². The maximum atomic E-state index is 13.3. The second kappa shape index (κ2) is 14.9. The lowest BCUT2D eigenvalue weighted by molar-refractivity contribution is -0.141. The van der Waals surface area contributed by atoms with E-state index in [2.05, 4.69) is 17.6 Å². The maximum Gasteiger partial charge on any atom is 0.319 e. The fraction of sp³-hybridized carbons (Fsp3) is 0.654. The topological polar surface area (TPSA) is 81.8 Å². The molecule has 2 unspecified atom stereocenters. The molecule has 0 spiro atoms. The van der Waals surface area contributed by atoms with Crippen LogP contribution in [0, 0.1) is 5.92 Å². The molecule has 8 heteroatoms. The van der Waals surface area contributed by atoms with Gasteiger partial charge in [0.25, 0.3) is 0 Å². The molecular weight excluding hydrogens is 448 g/mol. The summed E-state index contributed by atoms with van der Waals surface area (Å²) in [6.45, 7) is 8.31. The number of hydrogen-bond acceptors (Lipinski definition) is 4. The molecular formula is C26H42N4O3S. The van der Waals surface area contributed by atoms with Crippen LogP contribution in [-0.4, -0.2) is 66.1 Å². The van der Waals surface area contributed by atoms with E-state index < -0.39 is 6.04 Å². The summed E-state index contributed by atoms with van der Waals surface area (Å²) in [6, 6.07) is 6.62. The van der Waals surface area contributed by atoms with E-state index in [-0.39, 0.29) is 23.8 Å². The zero-order chi connectivity index (χ0) is 24.9. The normalized spacial score (nSPS) is 15.5. The molecule has 0 radical (unpaired) electrons. The van der Waals surface area contributed by atoms with Crippen LogP contribution in [0.1, 0.15) is 65.7 Å². The Morgan fingerprint density at radius 2 is 1.56 bits per heavy atom. The van der Waals surface area contributed by atoms with Crippen molar-refractivity contribution in [2.75, 3.05) is 37.8 Å². The Bertz CT molecular complexity index is 779. The molecule has 1 saturated heterocycles.